The average molecular weight is 1570 g/mol. The van der Waals surface area contributed by atoms with E-state index in [4.69, 9.17) is 18.9 Å². The summed E-state index contributed by atoms with van der Waals surface area (Å²) in [5, 5.41) is 14.5. The van der Waals surface area contributed by atoms with Gasteiger partial charge in [-0.1, -0.05) is 312 Å². The van der Waals surface area contributed by atoms with Crippen LogP contribution in [0.25, 0.3) is 0 Å². The van der Waals surface area contributed by atoms with Crippen molar-refractivity contribution >= 4 is 47.1 Å². The average Bonchev–Trinajstić information content (AvgIpc) is 1.57. The first kappa shape index (κ1) is 77.5. The Balaban J connectivity index is 0.000000113. The van der Waals surface area contributed by atoms with E-state index in [1.54, 1.807) is 0 Å². The summed E-state index contributed by atoms with van der Waals surface area (Å²) in [6.07, 6.45) is 1.79. The van der Waals surface area contributed by atoms with E-state index in [1.807, 2.05) is 153 Å². The van der Waals surface area contributed by atoms with Crippen LogP contribution in [0.15, 0.2) is 303 Å². The zero-order chi connectivity index (χ0) is 81.1. The number of carbonyl (C=O) groups is 4. The number of nitrogens with one attached hydrogen (secondary N) is 4. The van der Waals surface area contributed by atoms with Gasteiger partial charge in [0.1, 0.15) is 51.1 Å². The monoisotopic (exact) mass is 1560 g/mol. The van der Waals surface area contributed by atoms with Gasteiger partial charge >= 0.3 is 24.4 Å². The van der Waals surface area contributed by atoms with Crippen molar-refractivity contribution in [3.63, 3.8) is 0 Å². The Bertz CT molecular complexity index is 5260. The Kier molecular flexibility index (Phi) is 21.6. The van der Waals surface area contributed by atoms with Gasteiger partial charge in [-0.05, 0) is 158 Å². The quantitative estimate of drug-likeness (QED) is 0.0857. The van der Waals surface area contributed by atoms with E-state index in [0.29, 0.717) is 26.2 Å². The molecule has 12 aromatic rings. The van der Waals surface area contributed by atoms with Gasteiger partial charge in [0.15, 0.2) is 0 Å². The number of para-hydroxylation sites is 2. The van der Waals surface area contributed by atoms with Crippen molar-refractivity contribution in [2.24, 2.45) is 0 Å². The smallest absolute Gasteiger partial charge is 0.411 e. The summed E-state index contributed by atoms with van der Waals surface area (Å²) in [5.41, 5.74) is 24.8. The normalized spacial score (nSPS) is 21.8. The zero-order valence-corrected chi connectivity index (χ0v) is 67.7. The minimum Gasteiger partial charge on any atom is -0.444 e. The van der Waals surface area contributed by atoms with Crippen molar-refractivity contribution in [3.05, 3.63) is 403 Å². The predicted molar refractivity (Wildman–Crippen MR) is 465 cm³/mol. The molecular weight excluding hydrogens is 1470 g/mol. The van der Waals surface area contributed by atoms with Gasteiger partial charge in [0.05, 0.1) is 21.7 Å². The maximum atomic E-state index is 13.1. The third-order valence-electron chi connectivity index (χ3n) is 25.4. The molecule has 8 aliphatic rings. The molecule has 0 radical (unpaired) electrons. The topological polar surface area (TPSA) is 166 Å². The molecule has 0 aromatic heterocycles. The highest BCUT2D eigenvalue weighted by atomic mass is 16.6. The number of carbonyl (C=O) groups excluding carboxylic acids is 4. The first-order valence-electron chi connectivity index (χ1n) is 41.2. The molecule has 16 heteroatoms. The second kappa shape index (κ2) is 32.9. The maximum Gasteiger partial charge on any atom is 0.411 e. The Morgan fingerprint density at radius 1 is 0.263 bits per heavy atom. The summed E-state index contributed by atoms with van der Waals surface area (Å²) in [4.78, 5) is 59.6. The summed E-state index contributed by atoms with van der Waals surface area (Å²) in [5.74, 6) is 0. The molecule has 16 nitrogen and oxygen atoms in total. The van der Waals surface area contributed by atoms with Crippen molar-refractivity contribution in [3.8, 4) is 0 Å². The standard InChI is InChI=1S/2C26H26N2O2.2C25H24N2O2/c2*1-18-8-11-21(12-9-18)26-14-15-28(25(29)30-17-20-6-4-3-5-7-20)24(26)27-23-13-10-19(2)16-22(23)26;2*1-18-11-13-20(14-12-18)25-15-16-27(23(25)26-22-10-6-5-9-21(22)25)24(28)29-17-19-7-3-2-4-8-19/h2*3-13,16,24,27H,14-15,17H2,1-2H3;2*2-14,23,26H,15-17H2,1H3/t2*24-,26+;2*23-,25+/m1111/s1. The second-order valence-electron chi connectivity index (χ2n) is 32.7. The van der Waals surface area contributed by atoms with Gasteiger partial charge in [0, 0.05) is 48.9 Å². The number of nitrogens with zero attached hydrogens (tertiary/aromatic N) is 4. The fourth-order valence-corrected chi connectivity index (χ4v) is 19.4. The third-order valence-corrected chi connectivity index (χ3v) is 25.4. The number of amides is 4. The lowest BCUT2D eigenvalue weighted by Crippen LogP contribution is -2.46. The van der Waals surface area contributed by atoms with Gasteiger partial charge in [-0.2, -0.15) is 0 Å². The Hall–Kier alpha value is -13.1. The molecule has 12 aromatic carbocycles. The van der Waals surface area contributed by atoms with Crippen LogP contribution in [-0.2, 0) is 67.0 Å². The molecule has 8 atom stereocenters. The largest absolute Gasteiger partial charge is 0.444 e. The summed E-state index contributed by atoms with van der Waals surface area (Å²) in [6, 6.07) is 104. The summed E-state index contributed by atoms with van der Waals surface area (Å²) in [6.45, 7) is 16.4. The number of aryl methyl sites for hydroxylation is 6. The molecular formula is C102H100N8O8. The molecule has 8 heterocycles. The van der Waals surface area contributed by atoms with Gasteiger partial charge in [-0.25, -0.2) is 19.2 Å². The van der Waals surface area contributed by atoms with Crippen LogP contribution in [0.1, 0.15) is 126 Å². The number of fused-ring (bicyclic) bond motifs is 12. The maximum absolute atomic E-state index is 13.1. The van der Waals surface area contributed by atoms with Crippen LogP contribution in [0, 0.1) is 41.5 Å². The molecule has 4 saturated heterocycles. The molecule has 8 aliphatic heterocycles. The second-order valence-corrected chi connectivity index (χ2v) is 32.7. The fraction of sp³-hybridized carbons (Fsp3) is 0.255. The highest BCUT2D eigenvalue weighted by Gasteiger charge is 2.61. The van der Waals surface area contributed by atoms with Gasteiger partial charge < -0.3 is 40.2 Å². The lowest BCUT2D eigenvalue weighted by Gasteiger charge is -2.33. The molecule has 596 valence electrons. The molecule has 4 amide bonds. The van der Waals surface area contributed by atoms with Gasteiger partial charge in [-0.3, -0.25) is 19.6 Å². The Morgan fingerprint density at radius 2 is 0.475 bits per heavy atom. The van der Waals surface area contributed by atoms with Crippen molar-refractivity contribution in [2.75, 3.05) is 47.4 Å². The fourth-order valence-electron chi connectivity index (χ4n) is 19.4. The molecule has 20 rings (SSSR count). The molecule has 0 bridgehead atoms. The molecule has 118 heavy (non-hydrogen) atoms. The van der Waals surface area contributed by atoms with Gasteiger partial charge in [0.25, 0.3) is 0 Å². The minimum atomic E-state index is -0.270. The van der Waals surface area contributed by atoms with Crippen LogP contribution in [0.4, 0.5) is 41.9 Å². The highest BCUT2D eigenvalue weighted by Crippen LogP contribution is 2.57. The summed E-state index contributed by atoms with van der Waals surface area (Å²) >= 11 is 0. The van der Waals surface area contributed by atoms with Crippen LogP contribution in [0.3, 0.4) is 0 Å². The molecule has 4 N–H and O–H groups in total. The van der Waals surface area contributed by atoms with Crippen LogP contribution in [-0.4, -0.2) is 94.8 Å². The summed E-state index contributed by atoms with van der Waals surface area (Å²) in [7, 11) is 0. The summed E-state index contributed by atoms with van der Waals surface area (Å²) < 4.78 is 22.7. The first-order chi connectivity index (χ1) is 57.5. The van der Waals surface area contributed by atoms with E-state index < -0.39 is 0 Å². The van der Waals surface area contributed by atoms with E-state index in [-0.39, 0.29) is 97.1 Å². The number of hydrogen-bond donors (Lipinski definition) is 4. The molecule has 0 aliphatic carbocycles. The SMILES string of the molecule is Cc1ccc([C@]23CCN(C(=O)OCc4ccccc4)[C@H]2Nc2ccc(C)cc23)cc1.Cc1ccc([C@]23CCN(C(=O)OCc4ccccc4)[C@H]2Nc2ccc(C)cc23)cc1.Cc1ccc([C@]23CCN(C(=O)OCc4ccccc4)[C@H]2Nc2ccccc23)cc1.Cc1ccc([C@]23CCN(C(=O)OCc4ccccc4)[C@H]2Nc2ccccc23)cc1. The number of rotatable bonds is 12. The third kappa shape index (κ3) is 14.6. The van der Waals surface area contributed by atoms with E-state index >= 15 is 0 Å². The molecule has 4 fully saturated rings. The predicted octanol–water partition coefficient (Wildman–Crippen LogP) is 20.9. The number of likely N-dealkylation sites (tertiary alicyclic amines) is 4. The number of anilines is 4. The molecule has 0 unspecified atom stereocenters. The van der Waals surface area contributed by atoms with E-state index in [9.17, 15) is 19.2 Å². The lowest BCUT2D eigenvalue weighted by molar-refractivity contribution is 0.0923. The molecule has 0 spiro atoms. The van der Waals surface area contributed by atoms with E-state index in [0.717, 1.165) is 70.7 Å². The minimum absolute atomic E-state index is 0.147. The number of hydrogen-bond acceptors (Lipinski definition) is 12. The van der Waals surface area contributed by atoms with Crippen LogP contribution < -0.4 is 21.3 Å². The number of benzene rings is 12. The van der Waals surface area contributed by atoms with Crippen molar-refractivity contribution < 1.29 is 38.1 Å². The van der Waals surface area contributed by atoms with Crippen LogP contribution in [0.2, 0.25) is 0 Å². The molecule has 0 saturated carbocycles. The number of ether oxygens (including phenoxy) is 4. The van der Waals surface area contributed by atoms with Gasteiger partial charge in [-0.15, -0.1) is 0 Å². The lowest BCUT2D eigenvalue weighted by atomic mass is 9.73. The van der Waals surface area contributed by atoms with E-state index in [1.165, 1.54) is 77.9 Å². The van der Waals surface area contributed by atoms with Crippen LogP contribution in [0.5, 0.6) is 0 Å². The first-order valence-corrected chi connectivity index (χ1v) is 41.2. The van der Waals surface area contributed by atoms with Crippen molar-refractivity contribution in [1.29, 1.82) is 0 Å². The van der Waals surface area contributed by atoms with Crippen LogP contribution >= 0.6 is 0 Å². The van der Waals surface area contributed by atoms with Crippen molar-refractivity contribution in [2.45, 2.75) is 140 Å². The Labute approximate surface area is 691 Å². The zero-order valence-electron chi connectivity index (χ0n) is 67.7. The Morgan fingerprint density at radius 3 is 0.729 bits per heavy atom. The van der Waals surface area contributed by atoms with Crippen molar-refractivity contribution in [1.82, 2.24) is 19.6 Å². The highest BCUT2D eigenvalue weighted by molar-refractivity contribution is 5.79. The van der Waals surface area contributed by atoms with E-state index in [2.05, 4.69) is 233 Å². The van der Waals surface area contributed by atoms with Gasteiger partial charge in [0.2, 0.25) is 0 Å².